The Morgan fingerprint density at radius 1 is 1.00 bits per heavy atom. The molecule has 162 valence electrons. The van der Waals surface area contributed by atoms with Crippen LogP contribution in [0.1, 0.15) is 66.7 Å². The molecule has 0 saturated carbocycles. The van der Waals surface area contributed by atoms with Crippen molar-refractivity contribution in [3.63, 3.8) is 0 Å². The fourth-order valence-corrected chi connectivity index (χ4v) is 2.85. The van der Waals surface area contributed by atoms with E-state index in [2.05, 4.69) is 16.0 Å². The molecule has 0 heterocycles. The molecule has 0 aromatic heterocycles. The van der Waals surface area contributed by atoms with E-state index in [1.165, 1.54) is 6.92 Å². The van der Waals surface area contributed by atoms with Crippen LogP contribution in [-0.4, -0.2) is 48.7 Å². The Labute approximate surface area is 168 Å². The molecular formula is C20H38N4O4. The first-order valence-corrected chi connectivity index (χ1v) is 10.2. The van der Waals surface area contributed by atoms with Crippen LogP contribution in [0, 0.1) is 11.8 Å². The second-order valence-corrected chi connectivity index (χ2v) is 7.79. The van der Waals surface area contributed by atoms with Gasteiger partial charge in [0.2, 0.25) is 17.7 Å². The zero-order valence-corrected chi connectivity index (χ0v) is 17.9. The molecule has 0 fully saturated rings. The van der Waals surface area contributed by atoms with Gasteiger partial charge in [0.25, 0.3) is 0 Å². The zero-order valence-electron chi connectivity index (χ0n) is 17.9. The van der Waals surface area contributed by atoms with Crippen LogP contribution >= 0.6 is 0 Å². The largest absolute Gasteiger partial charge is 0.345 e. The molecule has 4 atom stereocenters. The summed E-state index contributed by atoms with van der Waals surface area (Å²) in [5.41, 5.74) is 5.46. The van der Waals surface area contributed by atoms with Crippen molar-refractivity contribution in [2.75, 3.05) is 6.54 Å². The number of amides is 3. The summed E-state index contributed by atoms with van der Waals surface area (Å²) >= 11 is 0. The fourth-order valence-electron chi connectivity index (χ4n) is 2.85. The maximum Gasteiger partial charge on any atom is 0.243 e. The summed E-state index contributed by atoms with van der Waals surface area (Å²) in [6, 6.07) is -2.09. The molecule has 0 aliphatic rings. The Kier molecular flexibility index (Phi) is 13.1. The normalized spacial score (nSPS) is 15.2. The van der Waals surface area contributed by atoms with Gasteiger partial charge in [0.1, 0.15) is 18.4 Å². The van der Waals surface area contributed by atoms with Gasteiger partial charge >= 0.3 is 0 Å². The second kappa shape index (κ2) is 14.1. The van der Waals surface area contributed by atoms with E-state index in [0.29, 0.717) is 32.1 Å². The number of carbonyl (C=O) groups excluding carboxylic acids is 4. The van der Waals surface area contributed by atoms with Crippen LogP contribution in [0.15, 0.2) is 0 Å². The van der Waals surface area contributed by atoms with Gasteiger partial charge in [-0.15, -0.1) is 0 Å². The average molecular weight is 399 g/mol. The minimum Gasteiger partial charge on any atom is -0.345 e. The predicted molar refractivity (Wildman–Crippen MR) is 109 cm³/mol. The first-order chi connectivity index (χ1) is 13.2. The molecule has 5 N–H and O–H groups in total. The maximum atomic E-state index is 12.8. The summed E-state index contributed by atoms with van der Waals surface area (Å²) in [4.78, 5) is 48.2. The number of nitrogens with one attached hydrogen (secondary N) is 3. The van der Waals surface area contributed by atoms with Gasteiger partial charge in [-0.05, 0) is 44.1 Å². The Morgan fingerprint density at radius 3 is 2.11 bits per heavy atom. The standard InChI is InChI=1S/C20H38N4O4/c1-6-14(4)18(22-15(5)26)20(28)24-17(11-13(2)3)19(27)23-16(12-25)9-7-8-10-21/h12-14,16-18H,6-11,21H2,1-5H3,(H,22,26)(H,23,27)(H,24,28). The first-order valence-electron chi connectivity index (χ1n) is 10.2. The van der Waals surface area contributed by atoms with E-state index in [-0.39, 0.29) is 17.7 Å². The van der Waals surface area contributed by atoms with Crippen molar-refractivity contribution in [2.45, 2.75) is 84.8 Å². The van der Waals surface area contributed by atoms with E-state index in [1.807, 2.05) is 27.7 Å². The highest BCUT2D eigenvalue weighted by molar-refractivity contribution is 5.92. The summed E-state index contributed by atoms with van der Waals surface area (Å²) < 4.78 is 0. The van der Waals surface area contributed by atoms with Gasteiger partial charge < -0.3 is 26.5 Å². The number of nitrogens with two attached hydrogens (primary N) is 1. The van der Waals surface area contributed by atoms with E-state index < -0.39 is 29.9 Å². The molecule has 8 nitrogen and oxygen atoms in total. The third kappa shape index (κ3) is 10.4. The van der Waals surface area contributed by atoms with Gasteiger partial charge in [0.15, 0.2) is 0 Å². The molecule has 0 spiro atoms. The molecule has 0 aliphatic carbocycles. The van der Waals surface area contributed by atoms with Gasteiger partial charge in [0.05, 0.1) is 6.04 Å². The third-order valence-corrected chi connectivity index (χ3v) is 4.66. The van der Waals surface area contributed by atoms with Crippen LogP contribution in [0.25, 0.3) is 0 Å². The lowest BCUT2D eigenvalue weighted by Gasteiger charge is -2.27. The maximum absolute atomic E-state index is 12.8. The average Bonchev–Trinajstić information content (AvgIpc) is 2.63. The molecule has 0 bridgehead atoms. The van der Waals surface area contributed by atoms with E-state index in [9.17, 15) is 19.2 Å². The highest BCUT2D eigenvalue weighted by Gasteiger charge is 2.30. The van der Waals surface area contributed by atoms with Crippen LogP contribution in [0.2, 0.25) is 0 Å². The van der Waals surface area contributed by atoms with Crippen molar-refractivity contribution in [2.24, 2.45) is 17.6 Å². The SMILES string of the molecule is CCC(C)C(NC(C)=O)C(=O)NC(CC(C)C)C(=O)NC(C=O)CCCCN. The van der Waals surface area contributed by atoms with Crippen molar-refractivity contribution in [3.8, 4) is 0 Å². The summed E-state index contributed by atoms with van der Waals surface area (Å²) in [5, 5.41) is 8.14. The zero-order chi connectivity index (χ0) is 21.7. The molecule has 3 amide bonds. The lowest BCUT2D eigenvalue weighted by atomic mass is 9.96. The smallest absolute Gasteiger partial charge is 0.243 e. The molecular weight excluding hydrogens is 360 g/mol. The topological polar surface area (TPSA) is 130 Å². The van der Waals surface area contributed by atoms with E-state index in [0.717, 1.165) is 12.8 Å². The highest BCUT2D eigenvalue weighted by Crippen LogP contribution is 2.11. The molecule has 0 radical (unpaired) electrons. The minimum atomic E-state index is -0.773. The molecule has 0 aromatic carbocycles. The minimum absolute atomic E-state index is 0.0781. The van der Waals surface area contributed by atoms with Crippen molar-refractivity contribution in [3.05, 3.63) is 0 Å². The molecule has 0 aromatic rings. The van der Waals surface area contributed by atoms with Gasteiger partial charge in [-0.3, -0.25) is 14.4 Å². The second-order valence-electron chi connectivity index (χ2n) is 7.79. The molecule has 8 heteroatoms. The van der Waals surface area contributed by atoms with Crippen LogP contribution in [0.3, 0.4) is 0 Å². The van der Waals surface area contributed by atoms with Crippen LogP contribution in [-0.2, 0) is 19.2 Å². The van der Waals surface area contributed by atoms with Crippen LogP contribution < -0.4 is 21.7 Å². The van der Waals surface area contributed by atoms with E-state index >= 15 is 0 Å². The summed E-state index contributed by atoms with van der Waals surface area (Å²) in [6.07, 6.45) is 3.87. The van der Waals surface area contributed by atoms with Gasteiger partial charge in [-0.2, -0.15) is 0 Å². The number of rotatable bonds is 14. The number of unbranched alkanes of at least 4 members (excludes halogenated alkanes) is 1. The molecule has 4 unspecified atom stereocenters. The summed E-state index contributed by atoms with van der Waals surface area (Å²) in [5.74, 6) is -1.00. The summed E-state index contributed by atoms with van der Waals surface area (Å²) in [7, 11) is 0. The van der Waals surface area contributed by atoms with Gasteiger partial charge in [-0.25, -0.2) is 0 Å². The predicted octanol–water partition coefficient (Wildman–Crippen LogP) is 0.881. The quantitative estimate of drug-likeness (QED) is 0.255. The van der Waals surface area contributed by atoms with E-state index in [4.69, 9.17) is 5.73 Å². The van der Waals surface area contributed by atoms with Gasteiger partial charge in [0, 0.05) is 6.92 Å². The molecule has 0 aliphatic heterocycles. The molecule has 0 rings (SSSR count). The van der Waals surface area contributed by atoms with Crippen LogP contribution in [0.5, 0.6) is 0 Å². The Morgan fingerprint density at radius 2 is 1.64 bits per heavy atom. The lowest BCUT2D eigenvalue weighted by Crippen LogP contribution is -2.56. The van der Waals surface area contributed by atoms with Crippen LogP contribution in [0.4, 0.5) is 0 Å². The lowest BCUT2D eigenvalue weighted by molar-refractivity contribution is -0.133. The van der Waals surface area contributed by atoms with Crippen molar-refractivity contribution in [1.82, 2.24) is 16.0 Å². The Hall–Kier alpha value is -1.96. The number of hydrogen-bond acceptors (Lipinski definition) is 5. The third-order valence-electron chi connectivity index (χ3n) is 4.66. The summed E-state index contributed by atoms with van der Waals surface area (Å²) in [6.45, 7) is 9.59. The number of carbonyl (C=O) groups is 4. The Bertz CT molecular complexity index is 510. The van der Waals surface area contributed by atoms with Crippen molar-refractivity contribution >= 4 is 24.0 Å². The first kappa shape index (κ1) is 26.0. The fraction of sp³-hybridized carbons (Fsp3) is 0.800. The Balaban J connectivity index is 5.16. The van der Waals surface area contributed by atoms with E-state index in [1.54, 1.807) is 0 Å². The monoisotopic (exact) mass is 398 g/mol. The highest BCUT2D eigenvalue weighted by atomic mass is 16.2. The van der Waals surface area contributed by atoms with Crippen molar-refractivity contribution in [1.29, 1.82) is 0 Å². The molecule has 0 saturated heterocycles. The van der Waals surface area contributed by atoms with Gasteiger partial charge in [-0.1, -0.05) is 34.1 Å². The van der Waals surface area contributed by atoms with Crippen molar-refractivity contribution < 1.29 is 19.2 Å². The molecule has 28 heavy (non-hydrogen) atoms. The number of aldehydes is 1. The number of hydrogen-bond donors (Lipinski definition) is 4.